The van der Waals surface area contributed by atoms with Crippen LogP contribution in [0.2, 0.25) is 5.02 Å². The second-order valence-electron chi connectivity index (χ2n) is 5.63. The van der Waals surface area contributed by atoms with E-state index in [0.29, 0.717) is 11.4 Å². The Bertz CT molecular complexity index is 910. The van der Waals surface area contributed by atoms with Gasteiger partial charge in [0.25, 0.3) is 5.91 Å². The highest BCUT2D eigenvalue weighted by molar-refractivity contribution is 6.30. The van der Waals surface area contributed by atoms with E-state index in [-0.39, 0.29) is 17.3 Å². The molecule has 0 aliphatic rings. The van der Waals surface area contributed by atoms with Crippen LogP contribution in [-0.2, 0) is 13.0 Å². The molecule has 0 saturated heterocycles. The van der Waals surface area contributed by atoms with Crippen LogP contribution in [0.5, 0.6) is 0 Å². The van der Waals surface area contributed by atoms with Crippen LogP contribution in [0.25, 0.3) is 0 Å². The Hall–Kier alpha value is -2.93. The van der Waals surface area contributed by atoms with Gasteiger partial charge in [-0.05, 0) is 41.8 Å². The van der Waals surface area contributed by atoms with Gasteiger partial charge >= 0.3 is 0 Å². The summed E-state index contributed by atoms with van der Waals surface area (Å²) in [5, 5.41) is 16.1. The average molecular weight is 374 g/mol. The summed E-state index contributed by atoms with van der Waals surface area (Å²) >= 11 is 5.74. The Labute approximate surface area is 154 Å². The molecule has 1 amide bonds. The Balaban J connectivity index is 1.66. The number of halogens is 2. The first-order valence-corrected chi connectivity index (χ1v) is 8.43. The molecule has 0 atom stereocenters. The van der Waals surface area contributed by atoms with Gasteiger partial charge in [0.1, 0.15) is 5.82 Å². The van der Waals surface area contributed by atoms with Gasteiger partial charge in [0.2, 0.25) is 0 Å². The van der Waals surface area contributed by atoms with E-state index >= 15 is 0 Å². The van der Waals surface area contributed by atoms with E-state index in [1.165, 1.54) is 17.7 Å². The average Bonchev–Trinajstić information content (AvgIpc) is 3.11. The molecule has 0 unspecified atom stereocenters. The van der Waals surface area contributed by atoms with Crippen LogP contribution in [-0.4, -0.2) is 21.3 Å². The van der Waals surface area contributed by atoms with Crippen LogP contribution in [0.3, 0.4) is 0 Å². The number of nitrogens with zero attached hydrogens (tertiary/aromatic N) is 2. The van der Waals surface area contributed by atoms with Gasteiger partial charge in [-0.15, -0.1) is 10.2 Å². The molecule has 3 aromatic rings. The summed E-state index contributed by atoms with van der Waals surface area (Å²) in [6.07, 6.45) is 0.950. The zero-order chi connectivity index (χ0) is 18.5. The lowest BCUT2D eigenvalue weighted by atomic mass is 10.1. The summed E-state index contributed by atoms with van der Waals surface area (Å²) in [5.74, 6) is -0.588. The van der Waals surface area contributed by atoms with Crippen LogP contribution < -0.4 is 10.6 Å². The maximum Gasteiger partial charge on any atom is 0.275 e. The quantitative estimate of drug-likeness (QED) is 0.613. The van der Waals surface area contributed by atoms with Crippen molar-refractivity contribution in [2.75, 3.05) is 5.32 Å². The van der Waals surface area contributed by atoms with Crippen molar-refractivity contribution >= 4 is 29.0 Å². The number of carbonyl (C=O) groups excluding carboxylic acids is 1. The number of rotatable bonds is 6. The van der Waals surface area contributed by atoms with Crippen LogP contribution >= 0.6 is 11.6 Å². The topological polar surface area (TPSA) is 82.7 Å². The number of amides is 1. The van der Waals surface area contributed by atoms with E-state index < -0.39 is 11.7 Å². The van der Waals surface area contributed by atoms with E-state index in [0.717, 1.165) is 12.1 Å². The van der Waals surface area contributed by atoms with Crippen molar-refractivity contribution in [3.63, 3.8) is 0 Å². The van der Waals surface area contributed by atoms with Crippen molar-refractivity contribution in [2.45, 2.75) is 19.9 Å². The summed E-state index contributed by atoms with van der Waals surface area (Å²) in [6.45, 7) is 2.27. The Morgan fingerprint density at radius 2 is 1.88 bits per heavy atom. The first-order chi connectivity index (χ1) is 12.6. The predicted octanol–water partition coefficient (Wildman–Crippen LogP) is 3.83. The predicted molar refractivity (Wildman–Crippen MR) is 98.1 cm³/mol. The molecule has 2 aromatic carbocycles. The van der Waals surface area contributed by atoms with Gasteiger partial charge in [-0.3, -0.25) is 4.79 Å². The molecule has 3 N–H and O–H groups in total. The fourth-order valence-corrected chi connectivity index (χ4v) is 2.56. The van der Waals surface area contributed by atoms with Crippen LogP contribution in [0.4, 0.5) is 15.9 Å². The number of aromatic nitrogens is 3. The van der Waals surface area contributed by atoms with E-state index in [9.17, 15) is 9.18 Å². The summed E-state index contributed by atoms with van der Waals surface area (Å²) < 4.78 is 13.2. The van der Waals surface area contributed by atoms with Crippen LogP contribution in [0.15, 0.2) is 42.5 Å². The standard InChI is InChI=1S/C18H17ClFN5O/c1-2-11-3-6-13(7-4-11)22-17-16(23-25-24-17)18(26)21-10-12-5-8-15(20)14(19)9-12/h3-9H,2,10H2,1H3,(H,21,26)(H2,22,23,24,25). The van der Waals surface area contributed by atoms with Crippen molar-refractivity contribution in [3.8, 4) is 0 Å². The molecule has 1 heterocycles. The summed E-state index contributed by atoms with van der Waals surface area (Å²) in [5.41, 5.74) is 2.83. The molecule has 0 bridgehead atoms. The number of hydrogen-bond donors (Lipinski definition) is 3. The molecular formula is C18H17ClFN5O. The number of hydrogen-bond acceptors (Lipinski definition) is 4. The Kier molecular flexibility index (Phi) is 5.48. The zero-order valence-corrected chi connectivity index (χ0v) is 14.8. The molecule has 6 nitrogen and oxygen atoms in total. The van der Waals surface area contributed by atoms with Crippen LogP contribution in [0, 0.1) is 5.82 Å². The SMILES string of the molecule is CCc1ccc(Nc2n[nH]nc2C(=O)NCc2ccc(F)c(Cl)c2)cc1. The normalized spacial score (nSPS) is 10.6. The van der Waals surface area contributed by atoms with Gasteiger partial charge in [-0.25, -0.2) is 4.39 Å². The summed E-state index contributed by atoms with van der Waals surface area (Å²) in [6, 6.07) is 12.1. The minimum Gasteiger partial charge on any atom is -0.346 e. The maximum atomic E-state index is 13.2. The third kappa shape index (κ3) is 4.18. The van der Waals surface area contributed by atoms with E-state index in [1.54, 1.807) is 6.07 Å². The van der Waals surface area contributed by atoms with Crippen molar-refractivity contribution in [2.24, 2.45) is 0 Å². The van der Waals surface area contributed by atoms with E-state index in [4.69, 9.17) is 11.6 Å². The summed E-state index contributed by atoms with van der Waals surface area (Å²) in [4.78, 5) is 12.4. The zero-order valence-electron chi connectivity index (χ0n) is 14.0. The van der Waals surface area contributed by atoms with Gasteiger partial charge < -0.3 is 10.6 Å². The fourth-order valence-electron chi connectivity index (χ4n) is 2.35. The van der Waals surface area contributed by atoms with Crippen molar-refractivity contribution < 1.29 is 9.18 Å². The van der Waals surface area contributed by atoms with Crippen molar-refractivity contribution in [1.82, 2.24) is 20.7 Å². The van der Waals surface area contributed by atoms with E-state index in [1.807, 2.05) is 24.3 Å². The lowest BCUT2D eigenvalue weighted by molar-refractivity contribution is 0.0946. The number of carbonyl (C=O) groups is 1. The molecule has 0 aliphatic carbocycles. The largest absolute Gasteiger partial charge is 0.346 e. The van der Waals surface area contributed by atoms with Crippen molar-refractivity contribution in [3.05, 3.63) is 70.1 Å². The number of benzene rings is 2. The molecule has 1 aromatic heterocycles. The second-order valence-corrected chi connectivity index (χ2v) is 6.03. The van der Waals surface area contributed by atoms with Gasteiger partial charge in [-0.2, -0.15) is 5.21 Å². The third-order valence-electron chi connectivity index (χ3n) is 3.82. The van der Waals surface area contributed by atoms with E-state index in [2.05, 4.69) is 33.0 Å². The number of anilines is 2. The molecule has 26 heavy (non-hydrogen) atoms. The minimum atomic E-state index is -0.501. The van der Waals surface area contributed by atoms with Crippen LogP contribution in [0.1, 0.15) is 28.5 Å². The molecule has 0 fully saturated rings. The molecular weight excluding hydrogens is 357 g/mol. The Morgan fingerprint density at radius 1 is 1.15 bits per heavy atom. The summed E-state index contributed by atoms with van der Waals surface area (Å²) in [7, 11) is 0. The lowest BCUT2D eigenvalue weighted by Gasteiger charge is -2.07. The number of nitrogens with one attached hydrogen (secondary N) is 3. The molecule has 0 aliphatic heterocycles. The Morgan fingerprint density at radius 3 is 2.58 bits per heavy atom. The smallest absolute Gasteiger partial charge is 0.275 e. The highest BCUT2D eigenvalue weighted by atomic mass is 35.5. The van der Waals surface area contributed by atoms with Crippen molar-refractivity contribution in [1.29, 1.82) is 0 Å². The van der Waals surface area contributed by atoms with Gasteiger partial charge in [0.05, 0.1) is 5.02 Å². The number of aryl methyl sites for hydroxylation is 1. The second kappa shape index (κ2) is 7.97. The minimum absolute atomic E-state index is 0.0102. The van der Waals surface area contributed by atoms with Gasteiger partial charge in [0.15, 0.2) is 11.5 Å². The monoisotopic (exact) mass is 373 g/mol. The number of aromatic amines is 1. The fraction of sp³-hybridized carbons (Fsp3) is 0.167. The number of H-pyrrole nitrogens is 1. The highest BCUT2D eigenvalue weighted by Crippen LogP contribution is 2.18. The molecule has 0 saturated carbocycles. The molecule has 3 rings (SSSR count). The molecule has 8 heteroatoms. The molecule has 0 spiro atoms. The first-order valence-electron chi connectivity index (χ1n) is 8.05. The van der Waals surface area contributed by atoms with Gasteiger partial charge in [0, 0.05) is 12.2 Å². The third-order valence-corrected chi connectivity index (χ3v) is 4.11. The van der Waals surface area contributed by atoms with Gasteiger partial charge in [-0.1, -0.05) is 36.7 Å². The maximum absolute atomic E-state index is 13.2. The lowest BCUT2D eigenvalue weighted by Crippen LogP contribution is -2.24. The molecule has 0 radical (unpaired) electrons. The first kappa shape index (κ1) is 17.9. The highest BCUT2D eigenvalue weighted by Gasteiger charge is 2.16. The molecule has 134 valence electrons.